The van der Waals surface area contributed by atoms with Crippen LogP contribution in [0.3, 0.4) is 0 Å². The average Bonchev–Trinajstić information content (AvgIpc) is 2.86. The van der Waals surface area contributed by atoms with E-state index in [-0.39, 0.29) is 11.7 Å². The van der Waals surface area contributed by atoms with Gasteiger partial charge in [0.2, 0.25) is 0 Å². The Labute approximate surface area is 107 Å². The molecule has 6 nitrogen and oxygen atoms in total. The second-order valence-corrected chi connectivity index (χ2v) is 4.26. The summed E-state index contributed by atoms with van der Waals surface area (Å²) in [5.41, 5.74) is 0.0532. The first kappa shape index (κ1) is 14.3. The molecule has 1 aromatic rings. The first-order valence-electron chi connectivity index (χ1n) is 6.23. The van der Waals surface area contributed by atoms with Gasteiger partial charge in [0.15, 0.2) is 0 Å². The van der Waals surface area contributed by atoms with Gasteiger partial charge in [0.05, 0.1) is 0 Å². The summed E-state index contributed by atoms with van der Waals surface area (Å²) in [7, 11) is 3.58. The number of imidazole rings is 1. The predicted octanol–water partition coefficient (Wildman–Crippen LogP) is 0.580. The summed E-state index contributed by atoms with van der Waals surface area (Å²) in [4.78, 5) is 25.5. The van der Waals surface area contributed by atoms with Gasteiger partial charge >= 0.3 is 11.7 Å². The van der Waals surface area contributed by atoms with E-state index >= 15 is 0 Å². The third-order valence-corrected chi connectivity index (χ3v) is 3.04. The van der Waals surface area contributed by atoms with E-state index in [1.165, 1.54) is 0 Å². The number of urea groups is 1. The Bertz CT molecular complexity index is 449. The van der Waals surface area contributed by atoms with E-state index in [2.05, 4.69) is 0 Å². The molecule has 0 atom stereocenters. The van der Waals surface area contributed by atoms with E-state index in [1.54, 1.807) is 33.5 Å². The van der Waals surface area contributed by atoms with Gasteiger partial charge in [-0.1, -0.05) is 0 Å². The molecular weight excluding hydrogens is 232 g/mol. The number of hydrogen-bond donors (Lipinski definition) is 0. The molecule has 2 heterocycles. The number of likely N-dealkylation sites (N-methyl/N-ethyl adjacent to an activating group) is 2. The van der Waals surface area contributed by atoms with E-state index in [0.29, 0.717) is 0 Å². The summed E-state index contributed by atoms with van der Waals surface area (Å²) in [5.74, 6) is 0. The maximum Gasteiger partial charge on any atom is 0.327 e. The largest absolute Gasteiger partial charge is 0.327 e. The fourth-order valence-electron chi connectivity index (χ4n) is 1.75. The lowest BCUT2D eigenvalue weighted by Gasteiger charge is -2.11. The molecule has 6 heteroatoms. The SMILES string of the molecule is CCN1CCN(C)C1=O.CCn1ccn(C)c1=O. The molecule has 102 valence electrons. The fourth-order valence-corrected chi connectivity index (χ4v) is 1.75. The van der Waals surface area contributed by atoms with Crippen molar-refractivity contribution >= 4 is 6.03 Å². The zero-order chi connectivity index (χ0) is 13.7. The van der Waals surface area contributed by atoms with Crippen molar-refractivity contribution in [3.8, 4) is 0 Å². The van der Waals surface area contributed by atoms with Crippen molar-refractivity contribution in [2.45, 2.75) is 20.4 Å². The van der Waals surface area contributed by atoms with Crippen molar-refractivity contribution in [1.82, 2.24) is 18.9 Å². The Morgan fingerprint density at radius 2 is 1.72 bits per heavy atom. The molecule has 0 unspecified atom stereocenters. The Kier molecular flexibility index (Phi) is 5.00. The van der Waals surface area contributed by atoms with Crippen molar-refractivity contribution in [1.29, 1.82) is 0 Å². The fraction of sp³-hybridized carbons (Fsp3) is 0.667. The predicted molar refractivity (Wildman–Crippen MR) is 70.6 cm³/mol. The molecule has 0 radical (unpaired) electrons. The lowest BCUT2D eigenvalue weighted by atomic mass is 10.6. The first-order chi connectivity index (χ1) is 8.51. The van der Waals surface area contributed by atoms with Gasteiger partial charge in [-0.15, -0.1) is 0 Å². The molecule has 0 saturated carbocycles. The number of amides is 2. The van der Waals surface area contributed by atoms with Crippen LogP contribution in [0.15, 0.2) is 17.2 Å². The van der Waals surface area contributed by atoms with E-state index in [4.69, 9.17) is 0 Å². The van der Waals surface area contributed by atoms with E-state index < -0.39 is 0 Å². The zero-order valence-corrected chi connectivity index (χ0v) is 11.6. The molecule has 2 rings (SSSR count). The minimum Gasteiger partial charge on any atom is -0.326 e. The molecular formula is C12H22N4O2. The molecule has 0 aliphatic carbocycles. The molecule has 1 saturated heterocycles. The van der Waals surface area contributed by atoms with E-state index in [1.807, 2.05) is 25.8 Å². The van der Waals surface area contributed by atoms with Gasteiger partial charge in [-0.2, -0.15) is 0 Å². The number of carbonyl (C=O) groups is 1. The lowest BCUT2D eigenvalue weighted by molar-refractivity contribution is 0.200. The Hall–Kier alpha value is -1.72. The number of aromatic nitrogens is 2. The molecule has 0 N–H and O–H groups in total. The van der Waals surface area contributed by atoms with Crippen molar-refractivity contribution < 1.29 is 4.79 Å². The number of hydrogen-bond acceptors (Lipinski definition) is 2. The zero-order valence-electron chi connectivity index (χ0n) is 11.6. The van der Waals surface area contributed by atoms with E-state index in [9.17, 15) is 9.59 Å². The second kappa shape index (κ2) is 6.28. The highest BCUT2D eigenvalue weighted by molar-refractivity contribution is 5.76. The number of carbonyl (C=O) groups excluding carboxylic acids is 1. The third kappa shape index (κ3) is 3.15. The average molecular weight is 254 g/mol. The van der Waals surface area contributed by atoms with Gasteiger partial charge in [0, 0.05) is 52.7 Å². The number of nitrogens with zero attached hydrogens (tertiary/aromatic N) is 4. The van der Waals surface area contributed by atoms with Gasteiger partial charge in [-0.25, -0.2) is 9.59 Å². The molecule has 1 aliphatic heterocycles. The smallest absolute Gasteiger partial charge is 0.326 e. The highest BCUT2D eigenvalue weighted by Gasteiger charge is 2.22. The summed E-state index contributed by atoms with van der Waals surface area (Å²) in [5, 5.41) is 0. The molecule has 1 aromatic heterocycles. The summed E-state index contributed by atoms with van der Waals surface area (Å²) >= 11 is 0. The summed E-state index contributed by atoms with van der Waals surface area (Å²) in [6.07, 6.45) is 3.54. The molecule has 0 aromatic carbocycles. The van der Waals surface area contributed by atoms with Crippen LogP contribution in [0.2, 0.25) is 0 Å². The van der Waals surface area contributed by atoms with Gasteiger partial charge < -0.3 is 14.4 Å². The van der Waals surface area contributed by atoms with Crippen LogP contribution in [0.25, 0.3) is 0 Å². The normalized spacial score (nSPS) is 14.8. The number of aryl methyl sites for hydroxylation is 2. The van der Waals surface area contributed by atoms with Gasteiger partial charge in [-0.3, -0.25) is 4.57 Å². The van der Waals surface area contributed by atoms with Crippen LogP contribution in [0.5, 0.6) is 0 Å². The van der Waals surface area contributed by atoms with Gasteiger partial charge in [0.1, 0.15) is 0 Å². The van der Waals surface area contributed by atoms with Gasteiger partial charge in [-0.05, 0) is 13.8 Å². The maximum absolute atomic E-state index is 11.0. The molecule has 0 spiro atoms. The van der Waals surface area contributed by atoms with Crippen LogP contribution in [0.4, 0.5) is 4.79 Å². The van der Waals surface area contributed by atoms with E-state index in [0.717, 1.165) is 26.2 Å². The van der Waals surface area contributed by atoms with Crippen LogP contribution in [-0.4, -0.2) is 51.6 Å². The monoisotopic (exact) mass is 254 g/mol. The summed E-state index contributed by atoms with van der Waals surface area (Å²) in [6.45, 7) is 7.31. The van der Waals surface area contributed by atoms with Crippen molar-refractivity contribution in [2.24, 2.45) is 7.05 Å². The minimum atomic E-state index is 0.0532. The van der Waals surface area contributed by atoms with Crippen molar-refractivity contribution in [2.75, 3.05) is 26.7 Å². The molecule has 0 bridgehead atoms. The van der Waals surface area contributed by atoms with Crippen LogP contribution in [0.1, 0.15) is 13.8 Å². The molecule has 1 fully saturated rings. The molecule has 2 amide bonds. The van der Waals surface area contributed by atoms with Crippen LogP contribution < -0.4 is 5.69 Å². The van der Waals surface area contributed by atoms with Crippen molar-refractivity contribution in [3.63, 3.8) is 0 Å². The van der Waals surface area contributed by atoms with Crippen LogP contribution >= 0.6 is 0 Å². The third-order valence-electron chi connectivity index (χ3n) is 3.04. The van der Waals surface area contributed by atoms with Crippen LogP contribution in [0, 0.1) is 0 Å². The number of rotatable bonds is 2. The molecule has 1 aliphatic rings. The highest BCUT2D eigenvalue weighted by Crippen LogP contribution is 2.03. The second-order valence-electron chi connectivity index (χ2n) is 4.26. The Balaban J connectivity index is 0.000000180. The molecule has 18 heavy (non-hydrogen) atoms. The summed E-state index contributed by atoms with van der Waals surface area (Å²) in [6, 6.07) is 0.164. The summed E-state index contributed by atoms with van der Waals surface area (Å²) < 4.78 is 3.21. The first-order valence-corrected chi connectivity index (χ1v) is 6.23. The lowest BCUT2D eigenvalue weighted by Crippen LogP contribution is -2.28. The topological polar surface area (TPSA) is 50.5 Å². The Morgan fingerprint density at radius 3 is 1.94 bits per heavy atom. The Morgan fingerprint density at radius 1 is 1.06 bits per heavy atom. The minimum absolute atomic E-state index is 0.0532. The quantitative estimate of drug-likeness (QED) is 0.775. The van der Waals surface area contributed by atoms with Crippen molar-refractivity contribution in [3.05, 3.63) is 22.9 Å². The van der Waals surface area contributed by atoms with Gasteiger partial charge in [0.25, 0.3) is 0 Å². The van der Waals surface area contributed by atoms with Crippen LogP contribution in [-0.2, 0) is 13.6 Å². The maximum atomic E-state index is 11.0. The standard InChI is InChI=1S/C6H12N2O.C6H10N2O/c2*1-3-8-5-4-7(2)6(8)9/h3-5H2,1-2H3;4-5H,3H2,1-2H3. The highest BCUT2D eigenvalue weighted by atomic mass is 16.2.